The van der Waals surface area contributed by atoms with Gasteiger partial charge in [-0.1, -0.05) is 17.3 Å². The number of likely N-dealkylation sites (tertiary alicyclic amines) is 1. The molecule has 1 fully saturated rings. The molecular weight excluding hydrogens is 350 g/mol. The van der Waals surface area contributed by atoms with Gasteiger partial charge in [0.1, 0.15) is 18.1 Å². The summed E-state index contributed by atoms with van der Waals surface area (Å²) in [5.41, 5.74) is 1.27. The van der Waals surface area contributed by atoms with Crippen LogP contribution in [0.5, 0.6) is 5.75 Å². The molecule has 4 rings (SSSR count). The molecule has 0 atom stereocenters. The molecule has 3 heterocycles. The van der Waals surface area contributed by atoms with Crippen LogP contribution in [0.1, 0.15) is 16.2 Å². The molecule has 27 heavy (non-hydrogen) atoms. The molecule has 0 saturated carbocycles. The zero-order chi connectivity index (χ0) is 18.6. The summed E-state index contributed by atoms with van der Waals surface area (Å²) in [6.45, 7) is 1.56. The predicted octanol–water partition coefficient (Wildman–Crippen LogP) is 2.42. The van der Waals surface area contributed by atoms with Gasteiger partial charge < -0.3 is 23.3 Å². The van der Waals surface area contributed by atoms with Crippen molar-refractivity contribution in [1.82, 2.24) is 15.0 Å². The van der Waals surface area contributed by atoms with Crippen LogP contribution >= 0.6 is 0 Å². The second-order valence-corrected chi connectivity index (χ2v) is 6.22. The van der Waals surface area contributed by atoms with Gasteiger partial charge in [0.05, 0.1) is 37.1 Å². The number of para-hydroxylation sites is 1. The first-order valence-corrected chi connectivity index (χ1v) is 8.63. The van der Waals surface area contributed by atoms with E-state index in [4.69, 9.17) is 18.4 Å². The lowest BCUT2D eigenvalue weighted by atomic mass is 10.1. The van der Waals surface area contributed by atoms with Gasteiger partial charge in [-0.15, -0.1) is 0 Å². The number of ether oxygens (including phenoxy) is 2. The number of aromatic nitrogens is 2. The lowest BCUT2D eigenvalue weighted by Crippen LogP contribution is -2.56. The van der Waals surface area contributed by atoms with Crippen LogP contribution in [0, 0.1) is 0 Å². The summed E-state index contributed by atoms with van der Waals surface area (Å²) < 4.78 is 21.4. The van der Waals surface area contributed by atoms with Crippen molar-refractivity contribution in [2.24, 2.45) is 0 Å². The maximum absolute atomic E-state index is 12.2. The Morgan fingerprint density at radius 3 is 2.93 bits per heavy atom. The van der Waals surface area contributed by atoms with Crippen LogP contribution < -0.4 is 4.74 Å². The molecule has 3 aromatic rings. The number of rotatable bonds is 7. The fourth-order valence-corrected chi connectivity index (χ4v) is 2.83. The molecular formula is C19H19N3O5. The first kappa shape index (κ1) is 17.3. The molecule has 0 N–H and O–H groups in total. The average molecular weight is 369 g/mol. The molecule has 0 aliphatic carbocycles. The third-order valence-electron chi connectivity index (χ3n) is 4.31. The number of methoxy groups -OCH3 is 1. The van der Waals surface area contributed by atoms with Crippen molar-refractivity contribution in [1.29, 1.82) is 0 Å². The Labute approximate surface area is 155 Å². The number of carbonyl (C=O) groups excluding carboxylic acids is 1. The van der Waals surface area contributed by atoms with Crippen LogP contribution in [-0.2, 0) is 11.2 Å². The van der Waals surface area contributed by atoms with E-state index in [1.54, 1.807) is 18.1 Å². The lowest BCUT2D eigenvalue weighted by molar-refractivity contribution is 0.0179. The van der Waals surface area contributed by atoms with Crippen LogP contribution in [0.2, 0.25) is 0 Å². The van der Waals surface area contributed by atoms with E-state index in [0.717, 1.165) is 5.56 Å². The Hall–Kier alpha value is -3.13. The number of amides is 1. The second-order valence-electron chi connectivity index (χ2n) is 6.22. The first-order chi connectivity index (χ1) is 13.2. The molecule has 1 aliphatic rings. The monoisotopic (exact) mass is 369 g/mol. The van der Waals surface area contributed by atoms with Gasteiger partial charge in [-0.05, 0) is 18.2 Å². The SMILES string of the molecule is COCCc1noc(-c2ccccc2OC2CN(C(=O)c3ccoc3)C2)n1. The number of furan rings is 1. The minimum atomic E-state index is -0.0853. The summed E-state index contributed by atoms with van der Waals surface area (Å²) in [4.78, 5) is 18.3. The molecule has 0 unspecified atom stereocenters. The van der Waals surface area contributed by atoms with E-state index < -0.39 is 0 Å². The third kappa shape index (κ3) is 3.70. The number of hydrogen-bond donors (Lipinski definition) is 0. The highest BCUT2D eigenvalue weighted by Crippen LogP contribution is 2.31. The summed E-state index contributed by atoms with van der Waals surface area (Å²) in [5, 5.41) is 3.96. The van der Waals surface area contributed by atoms with Gasteiger partial charge >= 0.3 is 0 Å². The third-order valence-corrected chi connectivity index (χ3v) is 4.31. The molecule has 1 aliphatic heterocycles. The van der Waals surface area contributed by atoms with Crippen LogP contribution in [0.4, 0.5) is 0 Å². The Morgan fingerprint density at radius 2 is 2.15 bits per heavy atom. The number of benzene rings is 1. The molecule has 1 saturated heterocycles. The fourth-order valence-electron chi connectivity index (χ4n) is 2.83. The standard InChI is InChI=1S/C19H19N3O5/c1-24-8-7-17-20-18(27-21-17)15-4-2-3-5-16(15)26-14-10-22(11-14)19(23)13-6-9-25-12-13/h2-6,9,12,14H,7-8,10-11H2,1H3. The van der Waals surface area contributed by atoms with E-state index in [9.17, 15) is 4.79 Å². The van der Waals surface area contributed by atoms with Gasteiger partial charge in [-0.2, -0.15) is 4.98 Å². The van der Waals surface area contributed by atoms with Crippen molar-refractivity contribution in [2.45, 2.75) is 12.5 Å². The minimum absolute atomic E-state index is 0.0587. The molecule has 1 amide bonds. The van der Waals surface area contributed by atoms with E-state index >= 15 is 0 Å². The largest absolute Gasteiger partial charge is 0.486 e. The molecule has 8 nitrogen and oxygen atoms in total. The zero-order valence-electron chi connectivity index (χ0n) is 14.8. The predicted molar refractivity (Wildman–Crippen MR) is 94.3 cm³/mol. The first-order valence-electron chi connectivity index (χ1n) is 8.63. The van der Waals surface area contributed by atoms with Crippen molar-refractivity contribution < 1.29 is 23.2 Å². The van der Waals surface area contributed by atoms with E-state index in [1.807, 2.05) is 24.3 Å². The summed E-state index contributed by atoms with van der Waals surface area (Å²) in [6.07, 6.45) is 3.43. The van der Waals surface area contributed by atoms with E-state index in [-0.39, 0.29) is 12.0 Å². The quantitative estimate of drug-likeness (QED) is 0.632. The number of carbonyl (C=O) groups is 1. The van der Waals surface area contributed by atoms with E-state index in [2.05, 4.69) is 10.1 Å². The maximum Gasteiger partial charge on any atom is 0.261 e. The maximum atomic E-state index is 12.2. The van der Waals surface area contributed by atoms with Gasteiger partial charge in [-0.25, -0.2) is 0 Å². The normalized spacial score (nSPS) is 14.2. The van der Waals surface area contributed by atoms with Crippen molar-refractivity contribution in [2.75, 3.05) is 26.8 Å². The smallest absolute Gasteiger partial charge is 0.261 e. The highest BCUT2D eigenvalue weighted by Gasteiger charge is 2.33. The van der Waals surface area contributed by atoms with Crippen molar-refractivity contribution in [3.63, 3.8) is 0 Å². The highest BCUT2D eigenvalue weighted by atomic mass is 16.5. The van der Waals surface area contributed by atoms with Gasteiger partial charge in [0.15, 0.2) is 5.82 Å². The Balaban J connectivity index is 1.41. The minimum Gasteiger partial charge on any atom is -0.486 e. The van der Waals surface area contributed by atoms with Crippen LogP contribution in [0.25, 0.3) is 11.5 Å². The van der Waals surface area contributed by atoms with Gasteiger partial charge in [-0.3, -0.25) is 4.79 Å². The van der Waals surface area contributed by atoms with Crippen LogP contribution in [0.15, 0.2) is 51.8 Å². The van der Waals surface area contributed by atoms with Crippen molar-refractivity contribution >= 4 is 5.91 Å². The van der Waals surface area contributed by atoms with E-state index in [1.165, 1.54) is 12.5 Å². The Kier molecular flexibility index (Phi) is 4.88. The van der Waals surface area contributed by atoms with Crippen LogP contribution in [-0.4, -0.2) is 53.9 Å². The topological polar surface area (TPSA) is 90.8 Å². The molecule has 140 valence electrons. The Morgan fingerprint density at radius 1 is 1.30 bits per heavy atom. The Bertz CT molecular complexity index is 900. The summed E-state index contributed by atoms with van der Waals surface area (Å²) in [5.74, 6) is 1.58. The summed E-state index contributed by atoms with van der Waals surface area (Å²) in [7, 11) is 1.63. The molecule has 0 radical (unpaired) electrons. The average Bonchev–Trinajstić information content (AvgIpc) is 3.34. The summed E-state index contributed by atoms with van der Waals surface area (Å²) >= 11 is 0. The fraction of sp³-hybridized carbons (Fsp3) is 0.316. The number of hydrogen-bond acceptors (Lipinski definition) is 7. The van der Waals surface area contributed by atoms with Crippen molar-refractivity contribution in [3.05, 3.63) is 54.2 Å². The van der Waals surface area contributed by atoms with Crippen LogP contribution in [0.3, 0.4) is 0 Å². The zero-order valence-corrected chi connectivity index (χ0v) is 14.8. The number of nitrogens with zero attached hydrogens (tertiary/aromatic N) is 3. The second kappa shape index (κ2) is 7.63. The van der Waals surface area contributed by atoms with Crippen molar-refractivity contribution in [3.8, 4) is 17.2 Å². The lowest BCUT2D eigenvalue weighted by Gasteiger charge is -2.38. The molecule has 0 bridgehead atoms. The van der Waals surface area contributed by atoms with Gasteiger partial charge in [0.2, 0.25) is 0 Å². The van der Waals surface area contributed by atoms with Gasteiger partial charge in [0.25, 0.3) is 11.8 Å². The molecule has 8 heteroatoms. The molecule has 2 aromatic heterocycles. The van der Waals surface area contributed by atoms with E-state index in [0.29, 0.717) is 49.1 Å². The molecule has 0 spiro atoms. The van der Waals surface area contributed by atoms with Gasteiger partial charge in [0, 0.05) is 13.5 Å². The summed E-state index contributed by atoms with van der Waals surface area (Å²) in [6, 6.07) is 9.15. The highest BCUT2D eigenvalue weighted by molar-refractivity contribution is 5.94. The molecule has 1 aromatic carbocycles.